The van der Waals surface area contributed by atoms with Crippen LogP contribution < -0.4 is 15.0 Å². The SMILES string of the molecule is COc1nc(NC(C)(C)C)nc(N[Si](C)(C)C)n1. The Morgan fingerprint density at radius 3 is 2.00 bits per heavy atom. The van der Waals surface area contributed by atoms with Gasteiger partial charge in [0, 0.05) is 5.54 Å². The van der Waals surface area contributed by atoms with E-state index in [-0.39, 0.29) is 5.54 Å². The summed E-state index contributed by atoms with van der Waals surface area (Å²) in [6.45, 7) is 12.7. The van der Waals surface area contributed by atoms with Crippen molar-refractivity contribution in [3.63, 3.8) is 0 Å². The smallest absolute Gasteiger partial charge is 0.322 e. The Hall–Kier alpha value is -1.37. The number of rotatable bonds is 4. The van der Waals surface area contributed by atoms with Gasteiger partial charge in [-0.2, -0.15) is 15.0 Å². The quantitative estimate of drug-likeness (QED) is 0.817. The summed E-state index contributed by atoms with van der Waals surface area (Å²) < 4.78 is 5.10. The third-order valence-corrected chi connectivity index (χ3v) is 2.74. The van der Waals surface area contributed by atoms with Crippen LogP contribution in [0, 0.1) is 0 Å². The first kappa shape index (κ1) is 14.7. The number of aromatic nitrogens is 3. The van der Waals surface area contributed by atoms with Crippen LogP contribution in [0.5, 0.6) is 6.01 Å². The van der Waals surface area contributed by atoms with Crippen LogP contribution in [-0.2, 0) is 0 Å². The number of hydrogen-bond donors (Lipinski definition) is 2. The van der Waals surface area contributed by atoms with E-state index in [1.807, 2.05) is 0 Å². The van der Waals surface area contributed by atoms with Crippen molar-refractivity contribution >= 4 is 20.1 Å². The number of methoxy groups -OCH3 is 1. The molecule has 1 heterocycles. The molecular formula is C11H23N5OSi. The highest BCUT2D eigenvalue weighted by molar-refractivity contribution is 6.79. The molecular weight excluding hydrogens is 246 g/mol. The molecule has 0 spiro atoms. The van der Waals surface area contributed by atoms with Crippen molar-refractivity contribution in [2.24, 2.45) is 0 Å². The van der Waals surface area contributed by atoms with Gasteiger partial charge in [0.2, 0.25) is 11.9 Å². The Morgan fingerprint density at radius 2 is 1.56 bits per heavy atom. The molecule has 1 rings (SSSR count). The Balaban J connectivity index is 3.02. The average Bonchev–Trinajstić information content (AvgIpc) is 2.11. The molecule has 0 amide bonds. The van der Waals surface area contributed by atoms with Crippen molar-refractivity contribution < 1.29 is 4.74 Å². The van der Waals surface area contributed by atoms with Crippen molar-refractivity contribution in [3.05, 3.63) is 0 Å². The van der Waals surface area contributed by atoms with Gasteiger partial charge in [-0.15, -0.1) is 0 Å². The summed E-state index contributed by atoms with van der Waals surface area (Å²) in [6, 6.07) is 0.317. The van der Waals surface area contributed by atoms with Gasteiger partial charge in [-0.3, -0.25) is 0 Å². The molecule has 0 unspecified atom stereocenters. The van der Waals surface area contributed by atoms with Crippen molar-refractivity contribution in [1.82, 2.24) is 15.0 Å². The summed E-state index contributed by atoms with van der Waals surface area (Å²) in [4.78, 5) is 16.1. The summed E-state index contributed by atoms with van der Waals surface area (Å²) >= 11 is 0. The third-order valence-electron chi connectivity index (χ3n) is 1.77. The van der Waals surface area contributed by atoms with Crippen molar-refractivity contribution in [2.75, 3.05) is 17.4 Å². The maximum absolute atomic E-state index is 5.10. The fourth-order valence-corrected chi connectivity index (χ4v) is 2.01. The largest absolute Gasteiger partial charge is 0.467 e. The molecule has 7 heteroatoms. The lowest BCUT2D eigenvalue weighted by molar-refractivity contribution is 0.379. The van der Waals surface area contributed by atoms with Crippen LogP contribution in [0.4, 0.5) is 11.9 Å². The fourth-order valence-electron chi connectivity index (χ4n) is 1.23. The Kier molecular flexibility index (Phi) is 4.15. The lowest BCUT2D eigenvalue weighted by atomic mass is 10.1. The second-order valence-corrected chi connectivity index (χ2v) is 11.0. The predicted octanol–water partition coefficient (Wildman–Crippen LogP) is 2.34. The molecule has 1 aromatic heterocycles. The van der Waals surface area contributed by atoms with Gasteiger partial charge in [-0.05, 0) is 20.8 Å². The van der Waals surface area contributed by atoms with E-state index in [0.29, 0.717) is 17.9 Å². The minimum atomic E-state index is -1.50. The standard InChI is InChI=1S/C11H23N5OSi/c1-11(2,3)15-8-12-9(16-18(5,6)7)14-10(13-8)17-4/h1-7H3,(H2,12,13,14,15,16). The van der Waals surface area contributed by atoms with E-state index in [4.69, 9.17) is 4.74 Å². The summed E-state index contributed by atoms with van der Waals surface area (Å²) in [5.74, 6) is 1.09. The van der Waals surface area contributed by atoms with Crippen molar-refractivity contribution in [3.8, 4) is 6.01 Å². The van der Waals surface area contributed by atoms with Gasteiger partial charge in [0.25, 0.3) is 0 Å². The molecule has 6 nitrogen and oxygen atoms in total. The van der Waals surface area contributed by atoms with E-state index >= 15 is 0 Å². The second-order valence-electron chi connectivity index (χ2n) is 6.22. The van der Waals surface area contributed by atoms with Gasteiger partial charge in [0.15, 0.2) is 0 Å². The molecule has 0 saturated carbocycles. The van der Waals surface area contributed by atoms with E-state index < -0.39 is 8.24 Å². The van der Waals surface area contributed by atoms with Gasteiger partial charge >= 0.3 is 6.01 Å². The number of nitrogens with zero attached hydrogens (tertiary/aromatic N) is 3. The highest BCUT2D eigenvalue weighted by Crippen LogP contribution is 2.16. The molecule has 0 aliphatic rings. The summed E-state index contributed by atoms with van der Waals surface area (Å²) in [5, 5.41) is 3.22. The first-order valence-electron chi connectivity index (χ1n) is 5.95. The van der Waals surface area contributed by atoms with Crippen LogP contribution in [0.25, 0.3) is 0 Å². The first-order chi connectivity index (χ1) is 8.09. The molecule has 0 aromatic carbocycles. The van der Waals surface area contributed by atoms with Crippen molar-refractivity contribution in [1.29, 1.82) is 0 Å². The zero-order valence-electron chi connectivity index (χ0n) is 12.2. The predicted molar refractivity (Wildman–Crippen MR) is 76.7 cm³/mol. The lowest BCUT2D eigenvalue weighted by Crippen LogP contribution is -2.34. The lowest BCUT2D eigenvalue weighted by Gasteiger charge is -2.22. The zero-order valence-corrected chi connectivity index (χ0v) is 13.2. The number of hydrogen-bond acceptors (Lipinski definition) is 6. The summed E-state index contributed by atoms with van der Waals surface area (Å²) in [6.07, 6.45) is 0. The summed E-state index contributed by atoms with van der Waals surface area (Å²) in [7, 11) is 0.0487. The van der Waals surface area contributed by atoms with E-state index in [0.717, 1.165) is 0 Å². The van der Waals surface area contributed by atoms with Gasteiger partial charge in [0.05, 0.1) is 7.11 Å². The Bertz CT molecular complexity index is 377. The molecule has 0 aliphatic carbocycles. The highest BCUT2D eigenvalue weighted by Gasteiger charge is 2.18. The highest BCUT2D eigenvalue weighted by atomic mass is 28.3. The topological polar surface area (TPSA) is 72.0 Å². The molecule has 102 valence electrons. The third kappa shape index (κ3) is 5.31. The van der Waals surface area contributed by atoms with Gasteiger partial charge < -0.3 is 15.0 Å². The van der Waals surface area contributed by atoms with Crippen LogP contribution in [0.1, 0.15) is 20.8 Å². The Morgan fingerprint density at radius 1 is 1.00 bits per heavy atom. The maximum atomic E-state index is 5.10. The first-order valence-corrected chi connectivity index (χ1v) is 9.45. The molecule has 2 N–H and O–H groups in total. The van der Waals surface area contributed by atoms with E-state index in [9.17, 15) is 0 Å². The maximum Gasteiger partial charge on any atom is 0.322 e. The van der Waals surface area contributed by atoms with Crippen LogP contribution in [0.3, 0.4) is 0 Å². The monoisotopic (exact) mass is 269 g/mol. The average molecular weight is 269 g/mol. The molecule has 0 fully saturated rings. The van der Waals surface area contributed by atoms with Crippen molar-refractivity contribution in [2.45, 2.75) is 46.0 Å². The van der Waals surface area contributed by atoms with Crippen LogP contribution >= 0.6 is 0 Å². The zero-order chi connectivity index (χ0) is 14.0. The number of nitrogens with one attached hydrogen (secondary N) is 2. The van der Waals surface area contributed by atoms with Gasteiger partial charge in [-0.25, -0.2) is 0 Å². The molecule has 0 saturated heterocycles. The Labute approximate surface area is 110 Å². The van der Waals surface area contributed by atoms with Crippen LogP contribution in [0.15, 0.2) is 0 Å². The number of ether oxygens (including phenoxy) is 1. The van der Waals surface area contributed by atoms with Crippen LogP contribution in [0.2, 0.25) is 19.6 Å². The van der Waals surface area contributed by atoms with E-state index in [1.165, 1.54) is 0 Å². The molecule has 0 atom stereocenters. The molecule has 0 bridgehead atoms. The summed E-state index contributed by atoms with van der Waals surface area (Å²) in [5.41, 5.74) is -0.108. The molecule has 0 aliphatic heterocycles. The van der Waals surface area contributed by atoms with Gasteiger partial charge in [0.1, 0.15) is 8.24 Å². The van der Waals surface area contributed by atoms with E-state index in [2.05, 4.69) is 65.7 Å². The fraction of sp³-hybridized carbons (Fsp3) is 0.727. The van der Waals surface area contributed by atoms with E-state index in [1.54, 1.807) is 7.11 Å². The molecule has 1 aromatic rings. The molecule has 18 heavy (non-hydrogen) atoms. The van der Waals surface area contributed by atoms with Gasteiger partial charge in [-0.1, -0.05) is 19.6 Å². The minimum absolute atomic E-state index is 0.108. The number of anilines is 2. The van der Waals surface area contributed by atoms with Crippen LogP contribution in [-0.4, -0.2) is 35.8 Å². The second kappa shape index (κ2) is 5.09. The molecule has 0 radical (unpaired) electrons. The normalized spacial score (nSPS) is 12.2. The minimum Gasteiger partial charge on any atom is -0.467 e.